The van der Waals surface area contributed by atoms with E-state index in [1.807, 2.05) is 0 Å². The van der Waals surface area contributed by atoms with E-state index in [9.17, 15) is 0 Å². The zero-order chi connectivity index (χ0) is 20.3. The maximum atomic E-state index is 5.24. The van der Waals surface area contributed by atoms with E-state index in [4.69, 9.17) is 4.98 Å². The molecule has 4 aromatic rings. The Morgan fingerprint density at radius 3 is 2.34 bits per heavy atom. The van der Waals surface area contributed by atoms with Crippen LogP contribution in [-0.2, 0) is 12.0 Å². The molecule has 0 amide bonds. The van der Waals surface area contributed by atoms with Crippen LogP contribution < -0.4 is 4.57 Å². The first-order chi connectivity index (χ1) is 14.0. The van der Waals surface area contributed by atoms with Crippen molar-refractivity contribution in [1.29, 1.82) is 0 Å². The summed E-state index contributed by atoms with van der Waals surface area (Å²) in [5.41, 5.74) is 6.02. The molecule has 0 atom stereocenters. The summed E-state index contributed by atoms with van der Waals surface area (Å²) in [6.45, 7) is 13.8. The predicted octanol–water partition coefficient (Wildman–Crippen LogP) is 6.57. The van der Waals surface area contributed by atoms with Gasteiger partial charge < -0.3 is 0 Å². The molecule has 0 unspecified atom stereocenters. The molecule has 0 N–H and O–H groups in total. The molecule has 0 radical (unpaired) electrons. The Morgan fingerprint density at radius 1 is 0.966 bits per heavy atom. The topological polar surface area (TPSA) is 16.8 Å². The van der Waals surface area contributed by atoms with Crippen LogP contribution in [0.15, 0.2) is 55.2 Å². The van der Waals surface area contributed by atoms with E-state index < -0.39 is 0 Å². The number of hydrogen-bond acceptors (Lipinski definition) is 1. The molecule has 0 bridgehead atoms. The monoisotopic (exact) mass is 381 g/mol. The van der Waals surface area contributed by atoms with Gasteiger partial charge in [0.25, 0.3) is 0 Å². The summed E-state index contributed by atoms with van der Waals surface area (Å²) < 4.78 is 2.54. The molecule has 0 aliphatic carbocycles. The largest absolute Gasteiger partial charge is 0.241 e. The van der Waals surface area contributed by atoms with Crippen LogP contribution in [0.4, 0.5) is 0 Å². The van der Waals surface area contributed by atoms with E-state index in [2.05, 4.69) is 87.5 Å². The van der Waals surface area contributed by atoms with Crippen molar-refractivity contribution in [3.8, 4) is 0 Å². The van der Waals surface area contributed by atoms with Crippen LogP contribution in [0.3, 0.4) is 0 Å². The highest BCUT2D eigenvalue weighted by atomic mass is 15.1. The molecule has 0 fully saturated rings. The molecular formula is C27H29N2+. The second-order valence-electron chi connectivity index (χ2n) is 8.89. The number of rotatable bonds is 4. The zero-order valence-electron chi connectivity index (χ0n) is 17.9. The SMILES string of the molecule is C=C1c2cccc3c4ccccc4c4nc(CC(C)C)c[n+](c4c23)C1(CC)CC. The molecule has 0 spiro atoms. The van der Waals surface area contributed by atoms with Crippen molar-refractivity contribution in [2.75, 3.05) is 0 Å². The van der Waals surface area contributed by atoms with Gasteiger partial charge in [0.1, 0.15) is 11.2 Å². The summed E-state index contributed by atoms with van der Waals surface area (Å²) in [5.74, 6) is 0.569. The van der Waals surface area contributed by atoms with Crippen LogP contribution in [0, 0.1) is 5.92 Å². The minimum Gasteiger partial charge on any atom is -0.240 e. The van der Waals surface area contributed by atoms with E-state index in [-0.39, 0.29) is 5.54 Å². The highest BCUT2D eigenvalue weighted by Gasteiger charge is 2.46. The quantitative estimate of drug-likeness (QED) is 0.288. The van der Waals surface area contributed by atoms with Gasteiger partial charge in [-0.15, -0.1) is 0 Å². The van der Waals surface area contributed by atoms with E-state index in [1.54, 1.807) is 0 Å². The average Bonchev–Trinajstić information content (AvgIpc) is 2.73. The Kier molecular flexibility index (Phi) is 4.03. The molecule has 0 saturated heterocycles. The summed E-state index contributed by atoms with van der Waals surface area (Å²) in [4.78, 5) is 5.24. The number of benzene rings is 3. The molecule has 5 rings (SSSR count). The Balaban J connectivity index is 2.10. The van der Waals surface area contributed by atoms with Crippen LogP contribution in [0.2, 0.25) is 0 Å². The Hall–Kier alpha value is -2.74. The molecule has 1 aromatic heterocycles. The van der Waals surface area contributed by atoms with Gasteiger partial charge >= 0.3 is 0 Å². The van der Waals surface area contributed by atoms with E-state index in [1.165, 1.54) is 43.9 Å². The summed E-state index contributed by atoms with van der Waals surface area (Å²) in [6, 6.07) is 15.4. The Labute approximate surface area is 172 Å². The van der Waals surface area contributed by atoms with Crippen LogP contribution in [0.1, 0.15) is 51.8 Å². The van der Waals surface area contributed by atoms with Crippen LogP contribution in [0.25, 0.3) is 38.2 Å². The number of hydrogen-bond donors (Lipinski definition) is 0. The van der Waals surface area contributed by atoms with Crippen LogP contribution >= 0.6 is 0 Å². The van der Waals surface area contributed by atoms with Crippen molar-refractivity contribution in [3.63, 3.8) is 0 Å². The van der Waals surface area contributed by atoms with Gasteiger partial charge in [-0.25, -0.2) is 4.98 Å². The van der Waals surface area contributed by atoms with E-state index >= 15 is 0 Å². The fraction of sp³-hybridized carbons (Fsp3) is 0.333. The average molecular weight is 382 g/mol. The molecule has 1 aliphatic rings. The van der Waals surface area contributed by atoms with Crippen molar-refractivity contribution in [1.82, 2.24) is 4.98 Å². The van der Waals surface area contributed by atoms with Crippen molar-refractivity contribution in [2.45, 2.75) is 52.5 Å². The van der Waals surface area contributed by atoms with Crippen molar-refractivity contribution in [2.24, 2.45) is 5.92 Å². The second-order valence-corrected chi connectivity index (χ2v) is 8.89. The molecule has 2 heteroatoms. The first-order valence-corrected chi connectivity index (χ1v) is 10.9. The summed E-state index contributed by atoms with van der Waals surface area (Å²) >= 11 is 0. The number of aromatic nitrogens is 2. The lowest BCUT2D eigenvalue weighted by Crippen LogP contribution is -2.58. The first kappa shape index (κ1) is 18.3. The van der Waals surface area contributed by atoms with Crippen LogP contribution in [0.5, 0.6) is 0 Å². The standard InChI is InChI=1S/C27H29N2/c1-6-27(7-2)18(5)20-13-10-14-22-21-11-8-9-12-23(21)25-26(24(20)22)29(27)16-19(28-25)15-17(3)4/h8-14,16-17H,5-7,15H2,1-4H3/q+1. The highest BCUT2D eigenvalue weighted by molar-refractivity contribution is 6.24. The molecule has 146 valence electrons. The minimum atomic E-state index is -0.101. The fourth-order valence-corrected chi connectivity index (χ4v) is 5.46. The van der Waals surface area contributed by atoms with Gasteiger partial charge in [0.15, 0.2) is 11.7 Å². The van der Waals surface area contributed by atoms with Gasteiger partial charge in [0.05, 0.1) is 5.39 Å². The molecule has 3 aromatic carbocycles. The summed E-state index contributed by atoms with van der Waals surface area (Å²) in [5, 5.41) is 5.15. The zero-order valence-corrected chi connectivity index (χ0v) is 17.9. The lowest BCUT2D eigenvalue weighted by Gasteiger charge is -2.34. The van der Waals surface area contributed by atoms with Crippen molar-refractivity contribution < 1.29 is 4.57 Å². The Morgan fingerprint density at radius 2 is 1.66 bits per heavy atom. The second kappa shape index (κ2) is 6.38. The summed E-state index contributed by atoms with van der Waals surface area (Å²) in [7, 11) is 0. The van der Waals surface area contributed by atoms with Gasteiger partial charge in [-0.1, -0.05) is 76.7 Å². The maximum absolute atomic E-state index is 5.24. The third-order valence-corrected chi connectivity index (χ3v) is 6.91. The van der Waals surface area contributed by atoms with Crippen molar-refractivity contribution >= 4 is 38.2 Å². The highest BCUT2D eigenvalue weighted by Crippen LogP contribution is 2.45. The van der Waals surface area contributed by atoms with Gasteiger partial charge in [0, 0.05) is 23.8 Å². The minimum absolute atomic E-state index is 0.101. The normalized spacial score (nSPS) is 15.3. The lowest BCUT2D eigenvalue weighted by atomic mass is 9.76. The van der Waals surface area contributed by atoms with Crippen molar-refractivity contribution in [3.05, 3.63) is 66.5 Å². The van der Waals surface area contributed by atoms with Gasteiger partial charge in [-0.2, -0.15) is 4.57 Å². The molecule has 29 heavy (non-hydrogen) atoms. The Bertz CT molecular complexity index is 1290. The molecule has 0 saturated carbocycles. The molecule has 1 aliphatic heterocycles. The number of nitrogens with zero attached hydrogens (tertiary/aromatic N) is 2. The molecular weight excluding hydrogens is 352 g/mol. The fourth-order valence-electron chi connectivity index (χ4n) is 5.46. The predicted molar refractivity (Wildman–Crippen MR) is 123 cm³/mol. The number of fused-ring (bicyclic) bond motifs is 3. The summed E-state index contributed by atoms with van der Waals surface area (Å²) in [6.07, 6.45) is 5.36. The lowest BCUT2D eigenvalue weighted by molar-refractivity contribution is -0.727. The van der Waals surface area contributed by atoms with Gasteiger partial charge in [0.2, 0.25) is 5.52 Å². The first-order valence-electron chi connectivity index (χ1n) is 10.9. The van der Waals surface area contributed by atoms with Gasteiger partial charge in [-0.05, 0) is 28.7 Å². The number of allylic oxidation sites excluding steroid dienone is 1. The van der Waals surface area contributed by atoms with E-state index in [0.29, 0.717) is 5.92 Å². The third kappa shape index (κ3) is 2.35. The third-order valence-electron chi connectivity index (χ3n) is 6.91. The van der Waals surface area contributed by atoms with Gasteiger partial charge in [-0.3, -0.25) is 0 Å². The van der Waals surface area contributed by atoms with E-state index in [0.717, 1.165) is 24.8 Å². The smallest absolute Gasteiger partial charge is 0.240 e. The maximum Gasteiger partial charge on any atom is 0.241 e. The molecule has 2 nitrogen and oxygen atoms in total. The van der Waals surface area contributed by atoms with Crippen LogP contribution in [-0.4, -0.2) is 4.98 Å². The molecule has 2 heterocycles.